The van der Waals surface area contributed by atoms with Crippen LogP contribution < -0.4 is 5.32 Å². The van der Waals surface area contributed by atoms with E-state index in [0.717, 1.165) is 18.4 Å². The van der Waals surface area contributed by atoms with E-state index in [4.69, 9.17) is 0 Å². The van der Waals surface area contributed by atoms with Gasteiger partial charge in [-0.2, -0.15) is 0 Å². The van der Waals surface area contributed by atoms with E-state index in [2.05, 4.69) is 19.2 Å². The van der Waals surface area contributed by atoms with Crippen molar-refractivity contribution in [2.45, 2.75) is 39.2 Å². The highest BCUT2D eigenvalue weighted by Crippen LogP contribution is 2.27. The summed E-state index contributed by atoms with van der Waals surface area (Å²) in [5, 5.41) is 2.86. The van der Waals surface area contributed by atoms with Crippen LogP contribution in [0.5, 0.6) is 0 Å². The molecule has 4 heteroatoms. The molecule has 1 aromatic rings. The first kappa shape index (κ1) is 15.5. The minimum absolute atomic E-state index is 0.0174. The third kappa shape index (κ3) is 3.26. The number of nitrogens with one attached hydrogen (secondary N) is 1. The maximum atomic E-state index is 12.8. The van der Waals surface area contributed by atoms with Gasteiger partial charge in [-0.05, 0) is 24.8 Å². The van der Waals surface area contributed by atoms with Gasteiger partial charge in [-0.15, -0.1) is 0 Å². The van der Waals surface area contributed by atoms with Crippen LogP contribution in [0.15, 0.2) is 30.3 Å². The van der Waals surface area contributed by atoms with Crippen LogP contribution in [0, 0.1) is 5.92 Å². The topological polar surface area (TPSA) is 49.4 Å². The van der Waals surface area contributed by atoms with Gasteiger partial charge in [0.2, 0.25) is 5.91 Å². The fraction of sp³-hybridized carbons (Fsp3) is 0.529. The molecule has 114 valence electrons. The Morgan fingerprint density at radius 1 is 1.29 bits per heavy atom. The number of hydrogen-bond acceptors (Lipinski definition) is 2. The van der Waals surface area contributed by atoms with E-state index in [1.54, 1.807) is 11.8 Å². The lowest BCUT2D eigenvalue weighted by molar-refractivity contribution is -0.150. The van der Waals surface area contributed by atoms with Crippen molar-refractivity contribution in [3.05, 3.63) is 35.9 Å². The van der Waals surface area contributed by atoms with Crippen LogP contribution in [0.4, 0.5) is 0 Å². The van der Waals surface area contributed by atoms with Crippen LogP contribution >= 0.6 is 0 Å². The molecular formula is C17H24N2O2. The molecule has 1 heterocycles. The van der Waals surface area contributed by atoms with Crippen molar-refractivity contribution in [3.8, 4) is 0 Å². The van der Waals surface area contributed by atoms with Gasteiger partial charge in [0.15, 0.2) is 0 Å². The van der Waals surface area contributed by atoms with Gasteiger partial charge >= 0.3 is 0 Å². The first-order chi connectivity index (χ1) is 9.97. The van der Waals surface area contributed by atoms with E-state index in [-0.39, 0.29) is 18.4 Å². The number of carbonyl (C=O) groups excluding carboxylic acids is 2. The van der Waals surface area contributed by atoms with E-state index >= 15 is 0 Å². The largest absolute Gasteiger partial charge is 0.337 e. The summed E-state index contributed by atoms with van der Waals surface area (Å²) in [6.45, 7) is 6.86. The lowest BCUT2D eigenvalue weighted by Crippen LogP contribution is -2.63. The van der Waals surface area contributed by atoms with Crippen molar-refractivity contribution in [2.24, 2.45) is 5.92 Å². The molecule has 1 fully saturated rings. The van der Waals surface area contributed by atoms with Gasteiger partial charge in [0.05, 0.1) is 6.54 Å². The predicted octanol–water partition coefficient (Wildman–Crippen LogP) is 2.30. The van der Waals surface area contributed by atoms with Crippen LogP contribution in [-0.4, -0.2) is 29.8 Å². The molecule has 1 aliphatic heterocycles. The monoisotopic (exact) mass is 288 g/mol. The Morgan fingerprint density at radius 3 is 2.57 bits per heavy atom. The maximum Gasteiger partial charge on any atom is 0.253 e. The molecule has 2 amide bonds. The highest BCUT2D eigenvalue weighted by Gasteiger charge is 2.44. The quantitative estimate of drug-likeness (QED) is 0.904. The molecule has 2 unspecified atom stereocenters. The van der Waals surface area contributed by atoms with Gasteiger partial charge < -0.3 is 10.2 Å². The Hall–Kier alpha value is -1.84. The average molecular weight is 288 g/mol. The molecule has 0 saturated carbocycles. The number of amides is 2. The SMILES string of the molecule is CCCC(C)CN1CC(=O)NC(C)(c2ccccc2)C1=O. The number of hydrogen-bond donors (Lipinski definition) is 1. The van der Waals surface area contributed by atoms with Gasteiger partial charge in [-0.1, -0.05) is 50.6 Å². The van der Waals surface area contributed by atoms with Crippen molar-refractivity contribution in [3.63, 3.8) is 0 Å². The van der Waals surface area contributed by atoms with E-state index in [9.17, 15) is 9.59 Å². The summed E-state index contributed by atoms with van der Waals surface area (Å²) in [4.78, 5) is 26.6. The Labute approximate surface area is 126 Å². The zero-order chi connectivity index (χ0) is 15.5. The van der Waals surface area contributed by atoms with Crippen LogP contribution in [0.25, 0.3) is 0 Å². The summed E-state index contributed by atoms with van der Waals surface area (Å²) in [6, 6.07) is 9.45. The van der Waals surface area contributed by atoms with Crippen LogP contribution in [0.1, 0.15) is 39.2 Å². The van der Waals surface area contributed by atoms with Gasteiger partial charge in [0, 0.05) is 6.54 Å². The van der Waals surface area contributed by atoms with Crippen molar-refractivity contribution in [2.75, 3.05) is 13.1 Å². The molecule has 1 aliphatic rings. The highest BCUT2D eigenvalue weighted by molar-refractivity contribution is 5.98. The fourth-order valence-electron chi connectivity index (χ4n) is 3.01. The first-order valence-corrected chi connectivity index (χ1v) is 7.63. The summed E-state index contributed by atoms with van der Waals surface area (Å²) in [5.74, 6) is 0.297. The zero-order valence-corrected chi connectivity index (χ0v) is 13.1. The summed E-state index contributed by atoms with van der Waals surface area (Å²) >= 11 is 0. The lowest BCUT2D eigenvalue weighted by Gasteiger charge is -2.41. The number of rotatable bonds is 5. The summed E-state index contributed by atoms with van der Waals surface area (Å²) in [6.07, 6.45) is 2.15. The summed E-state index contributed by atoms with van der Waals surface area (Å²) in [7, 11) is 0. The molecule has 21 heavy (non-hydrogen) atoms. The Balaban J connectivity index is 2.23. The Kier molecular flexibility index (Phi) is 4.66. The van der Waals surface area contributed by atoms with Crippen LogP contribution in [0.3, 0.4) is 0 Å². The number of carbonyl (C=O) groups is 2. The molecule has 2 rings (SSSR count). The molecule has 0 bridgehead atoms. The van der Waals surface area contributed by atoms with Gasteiger partial charge in [0.1, 0.15) is 5.54 Å². The van der Waals surface area contributed by atoms with E-state index < -0.39 is 5.54 Å². The van der Waals surface area contributed by atoms with Crippen molar-refractivity contribution in [1.82, 2.24) is 10.2 Å². The molecule has 2 atom stereocenters. The van der Waals surface area contributed by atoms with Gasteiger partial charge in [0.25, 0.3) is 5.91 Å². The molecule has 1 aromatic carbocycles. The first-order valence-electron chi connectivity index (χ1n) is 7.63. The molecule has 0 aliphatic carbocycles. The smallest absolute Gasteiger partial charge is 0.253 e. The molecule has 0 spiro atoms. The maximum absolute atomic E-state index is 12.8. The molecule has 1 N–H and O–H groups in total. The molecule has 0 radical (unpaired) electrons. The Morgan fingerprint density at radius 2 is 1.95 bits per heavy atom. The van der Waals surface area contributed by atoms with Gasteiger partial charge in [-0.3, -0.25) is 9.59 Å². The third-order valence-electron chi connectivity index (χ3n) is 4.10. The lowest BCUT2D eigenvalue weighted by atomic mass is 9.88. The number of piperazine rings is 1. The number of nitrogens with zero attached hydrogens (tertiary/aromatic N) is 1. The normalized spacial score (nSPS) is 23.9. The standard InChI is InChI=1S/C17H24N2O2/c1-4-8-13(2)11-19-12-15(20)18-17(3,16(19)21)14-9-6-5-7-10-14/h5-7,9-10,13H,4,8,11-12H2,1-3H3,(H,18,20). The predicted molar refractivity (Wildman–Crippen MR) is 82.6 cm³/mol. The summed E-state index contributed by atoms with van der Waals surface area (Å²) in [5.41, 5.74) is -0.126. The second-order valence-corrected chi connectivity index (χ2v) is 6.12. The van der Waals surface area contributed by atoms with E-state index in [1.165, 1.54) is 0 Å². The Bertz CT molecular complexity index is 515. The van der Waals surface area contributed by atoms with Crippen molar-refractivity contribution < 1.29 is 9.59 Å². The van der Waals surface area contributed by atoms with E-state index in [0.29, 0.717) is 12.5 Å². The minimum Gasteiger partial charge on any atom is -0.337 e. The zero-order valence-electron chi connectivity index (χ0n) is 13.1. The summed E-state index contributed by atoms with van der Waals surface area (Å²) < 4.78 is 0. The van der Waals surface area contributed by atoms with Gasteiger partial charge in [-0.25, -0.2) is 0 Å². The molecule has 0 aromatic heterocycles. The van der Waals surface area contributed by atoms with Crippen LogP contribution in [-0.2, 0) is 15.1 Å². The van der Waals surface area contributed by atoms with Crippen molar-refractivity contribution >= 4 is 11.8 Å². The van der Waals surface area contributed by atoms with Crippen molar-refractivity contribution in [1.29, 1.82) is 0 Å². The second-order valence-electron chi connectivity index (χ2n) is 6.12. The average Bonchev–Trinajstić information content (AvgIpc) is 2.45. The van der Waals surface area contributed by atoms with Crippen LogP contribution in [0.2, 0.25) is 0 Å². The molecule has 1 saturated heterocycles. The highest BCUT2D eigenvalue weighted by atomic mass is 16.2. The minimum atomic E-state index is -0.956. The van der Waals surface area contributed by atoms with E-state index in [1.807, 2.05) is 30.3 Å². The molecule has 4 nitrogen and oxygen atoms in total. The molecular weight excluding hydrogens is 264 g/mol. The fourth-order valence-corrected chi connectivity index (χ4v) is 3.01. The number of benzene rings is 1. The second kappa shape index (κ2) is 6.29. The third-order valence-corrected chi connectivity index (χ3v) is 4.10.